The number of pyridine rings is 1. The molecule has 2 fully saturated rings. The molecule has 1 amide bonds. The van der Waals surface area contributed by atoms with Crippen LogP contribution in [0.15, 0.2) is 24.8 Å². The average molecular weight is 506 g/mol. The summed E-state index contributed by atoms with van der Waals surface area (Å²) in [4.78, 5) is 44.5. The van der Waals surface area contributed by atoms with Gasteiger partial charge in [0.2, 0.25) is 5.91 Å². The quantitative estimate of drug-likeness (QED) is 0.379. The van der Waals surface area contributed by atoms with E-state index in [0.29, 0.717) is 18.6 Å². The fourth-order valence-corrected chi connectivity index (χ4v) is 5.73. The van der Waals surface area contributed by atoms with Crippen LogP contribution in [0, 0.1) is 11.3 Å². The maximum atomic E-state index is 13.4. The number of rotatable bonds is 11. The molecule has 1 aliphatic heterocycles. The Morgan fingerprint density at radius 1 is 1.14 bits per heavy atom. The molecule has 4 heterocycles. The van der Waals surface area contributed by atoms with Gasteiger partial charge in [0.1, 0.15) is 17.1 Å². The number of H-pyrrole nitrogens is 1. The van der Waals surface area contributed by atoms with E-state index < -0.39 is 0 Å². The van der Waals surface area contributed by atoms with Crippen LogP contribution in [0.1, 0.15) is 76.6 Å². The number of hydrogen-bond acceptors (Lipinski definition) is 6. The second kappa shape index (κ2) is 10.7. The number of carbonyl (C=O) groups is 2. The fraction of sp³-hybridized carbons (Fsp3) is 0.607. The van der Waals surface area contributed by atoms with Crippen molar-refractivity contribution >= 4 is 22.9 Å². The highest BCUT2D eigenvalue weighted by Crippen LogP contribution is 2.59. The SMILES string of the molecule is CCC(=O)CCCCC[C@H](NC(=O)[C@H]1CC12CCN(C)CC2)c1ncc(-c2cnc3c(c2)ncn3C)[nH]1. The summed E-state index contributed by atoms with van der Waals surface area (Å²) in [5.41, 5.74) is 3.64. The molecule has 1 aliphatic carbocycles. The van der Waals surface area contributed by atoms with Crippen molar-refractivity contribution in [2.75, 3.05) is 20.1 Å². The van der Waals surface area contributed by atoms with E-state index in [-0.39, 0.29) is 23.3 Å². The molecule has 1 spiro atoms. The summed E-state index contributed by atoms with van der Waals surface area (Å²) in [6.45, 7) is 4.05. The molecule has 1 saturated heterocycles. The number of nitrogens with zero attached hydrogens (tertiary/aromatic N) is 5. The minimum atomic E-state index is -0.182. The molecular weight excluding hydrogens is 466 g/mol. The van der Waals surface area contributed by atoms with Crippen LogP contribution in [-0.2, 0) is 16.6 Å². The highest BCUT2D eigenvalue weighted by atomic mass is 16.2. The third kappa shape index (κ3) is 5.61. The number of fused-ring (bicyclic) bond motifs is 1. The standard InChI is InChI=1S/C28H39N7O2/c1-4-20(36)8-6-5-7-9-22(33-27(37)21-15-28(21)10-12-34(2)13-11-28)25-29-17-24(32-25)19-14-23-26(30-16-19)35(3)18-31-23/h14,16-18,21-22H,4-13,15H2,1-3H3,(H,29,32)(H,33,37)/t21-,22+/m1/s1. The van der Waals surface area contributed by atoms with Gasteiger partial charge in [-0.25, -0.2) is 15.0 Å². The van der Waals surface area contributed by atoms with Gasteiger partial charge in [-0.05, 0) is 63.7 Å². The first-order valence-electron chi connectivity index (χ1n) is 13.7. The smallest absolute Gasteiger partial charge is 0.224 e. The number of hydrogen-bond donors (Lipinski definition) is 2. The number of Topliss-reactive ketones (excluding diaryl/α,β-unsaturated/α-hetero) is 1. The summed E-state index contributed by atoms with van der Waals surface area (Å²) in [6.07, 6.45) is 13.4. The second-order valence-corrected chi connectivity index (χ2v) is 11.1. The van der Waals surface area contributed by atoms with Crippen molar-refractivity contribution in [2.24, 2.45) is 18.4 Å². The van der Waals surface area contributed by atoms with Gasteiger partial charge in [-0.1, -0.05) is 19.8 Å². The first-order chi connectivity index (χ1) is 17.9. The Morgan fingerprint density at radius 2 is 1.95 bits per heavy atom. The van der Waals surface area contributed by atoms with E-state index in [9.17, 15) is 9.59 Å². The summed E-state index contributed by atoms with van der Waals surface area (Å²) in [5.74, 6) is 1.35. The van der Waals surface area contributed by atoms with Gasteiger partial charge in [-0.3, -0.25) is 9.59 Å². The van der Waals surface area contributed by atoms with Gasteiger partial charge in [0.05, 0.1) is 24.3 Å². The summed E-state index contributed by atoms with van der Waals surface area (Å²) in [7, 11) is 4.08. The van der Waals surface area contributed by atoms with Crippen LogP contribution in [0.25, 0.3) is 22.4 Å². The molecule has 2 N–H and O–H groups in total. The lowest BCUT2D eigenvalue weighted by molar-refractivity contribution is -0.124. The minimum Gasteiger partial charge on any atom is -0.346 e. The molecule has 9 heteroatoms. The maximum absolute atomic E-state index is 13.4. The zero-order chi connectivity index (χ0) is 26.0. The van der Waals surface area contributed by atoms with Gasteiger partial charge in [-0.2, -0.15) is 0 Å². The van der Waals surface area contributed by atoms with E-state index in [1.165, 1.54) is 0 Å². The molecule has 0 bridgehead atoms. The number of ketones is 1. The van der Waals surface area contributed by atoms with Crippen molar-refractivity contribution in [3.8, 4) is 11.3 Å². The van der Waals surface area contributed by atoms with Gasteiger partial charge in [0, 0.05) is 37.6 Å². The van der Waals surface area contributed by atoms with Gasteiger partial charge >= 0.3 is 0 Å². The molecule has 3 aromatic heterocycles. The van der Waals surface area contributed by atoms with Crippen LogP contribution in [0.4, 0.5) is 0 Å². The van der Waals surface area contributed by atoms with Gasteiger partial charge in [-0.15, -0.1) is 0 Å². The summed E-state index contributed by atoms with van der Waals surface area (Å²) in [5, 5.41) is 3.34. The molecule has 2 atom stereocenters. The van der Waals surface area contributed by atoms with Gasteiger partial charge in [0.25, 0.3) is 0 Å². The van der Waals surface area contributed by atoms with Crippen molar-refractivity contribution in [3.05, 3.63) is 30.6 Å². The average Bonchev–Trinajstić information content (AvgIpc) is 3.20. The normalized spacial score (nSPS) is 19.8. The van der Waals surface area contributed by atoms with Crippen molar-refractivity contribution in [2.45, 2.75) is 70.8 Å². The fourth-order valence-electron chi connectivity index (χ4n) is 5.73. The minimum absolute atomic E-state index is 0.107. The number of unbranched alkanes of at least 4 members (excludes halogenated alkanes) is 2. The lowest BCUT2D eigenvalue weighted by Crippen LogP contribution is -2.36. The number of nitrogens with one attached hydrogen (secondary N) is 2. The summed E-state index contributed by atoms with van der Waals surface area (Å²) in [6, 6.07) is 1.82. The third-order valence-electron chi connectivity index (χ3n) is 8.44. The largest absolute Gasteiger partial charge is 0.346 e. The summed E-state index contributed by atoms with van der Waals surface area (Å²) >= 11 is 0. The van der Waals surface area contributed by atoms with Crippen molar-refractivity contribution in [1.82, 2.24) is 34.7 Å². The van der Waals surface area contributed by atoms with E-state index in [1.54, 1.807) is 6.33 Å². The predicted molar refractivity (Wildman–Crippen MR) is 143 cm³/mol. The monoisotopic (exact) mass is 505 g/mol. The van der Waals surface area contributed by atoms with Crippen LogP contribution in [-0.4, -0.2) is 61.2 Å². The van der Waals surface area contributed by atoms with E-state index >= 15 is 0 Å². The van der Waals surface area contributed by atoms with Crippen LogP contribution < -0.4 is 5.32 Å². The van der Waals surface area contributed by atoms with Crippen LogP contribution in [0.2, 0.25) is 0 Å². The van der Waals surface area contributed by atoms with Crippen molar-refractivity contribution in [1.29, 1.82) is 0 Å². The first kappa shape index (κ1) is 25.6. The molecule has 0 radical (unpaired) electrons. The number of amides is 1. The number of aromatic nitrogens is 5. The Labute approximate surface area is 218 Å². The lowest BCUT2D eigenvalue weighted by atomic mass is 9.91. The lowest BCUT2D eigenvalue weighted by Gasteiger charge is -2.30. The van der Waals surface area contributed by atoms with Crippen LogP contribution >= 0.6 is 0 Å². The number of aryl methyl sites for hydroxylation is 1. The Balaban J connectivity index is 1.27. The number of imidazole rings is 2. The first-order valence-corrected chi connectivity index (χ1v) is 13.7. The summed E-state index contributed by atoms with van der Waals surface area (Å²) < 4.78 is 1.89. The molecule has 0 unspecified atom stereocenters. The van der Waals surface area contributed by atoms with E-state index in [4.69, 9.17) is 0 Å². The van der Waals surface area contributed by atoms with Crippen molar-refractivity contribution in [3.63, 3.8) is 0 Å². The molecule has 5 rings (SSSR count). The molecule has 37 heavy (non-hydrogen) atoms. The Morgan fingerprint density at radius 3 is 2.73 bits per heavy atom. The predicted octanol–water partition coefficient (Wildman–Crippen LogP) is 4.18. The molecule has 1 saturated carbocycles. The van der Waals surface area contributed by atoms with Gasteiger partial charge < -0.3 is 19.8 Å². The number of likely N-dealkylation sites (tertiary alicyclic amines) is 1. The maximum Gasteiger partial charge on any atom is 0.224 e. The van der Waals surface area contributed by atoms with Crippen LogP contribution in [0.5, 0.6) is 0 Å². The highest BCUT2D eigenvalue weighted by molar-refractivity contribution is 5.83. The zero-order valence-electron chi connectivity index (χ0n) is 22.3. The topological polar surface area (TPSA) is 109 Å². The van der Waals surface area contributed by atoms with Gasteiger partial charge in [0.15, 0.2) is 5.65 Å². The van der Waals surface area contributed by atoms with Crippen LogP contribution in [0.3, 0.4) is 0 Å². The second-order valence-electron chi connectivity index (χ2n) is 11.1. The zero-order valence-corrected chi connectivity index (χ0v) is 22.3. The Bertz CT molecular complexity index is 1250. The molecule has 2 aliphatic rings. The van der Waals surface area contributed by atoms with Crippen molar-refractivity contribution < 1.29 is 9.59 Å². The number of aromatic amines is 1. The number of piperidine rings is 1. The Kier molecular flexibility index (Phi) is 7.42. The van der Waals surface area contributed by atoms with E-state index in [2.05, 4.69) is 37.2 Å². The molecular formula is C28H39N7O2. The third-order valence-corrected chi connectivity index (χ3v) is 8.44. The molecule has 9 nitrogen and oxygen atoms in total. The number of carbonyl (C=O) groups excluding carboxylic acids is 2. The molecule has 3 aromatic rings. The molecule has 198 valence electrons. The highest BCUT2D eigenvalue weighted by Gasteiger charge is 2.58. The van der Waals surface area contributed by atoms with E-state index in [0.717, 1.165) is 86.3 Å². The van der Waals surface area contributed by atoms with E-state index in [1.807, 2.05) is 37.0 Å². The molecule has 0 aromatic carbocycles. The Hall–Kier alpha value is -3.07.